The molecule has 94 valence electrons. The lowest BCUT2D eigenvalue weighted by molar-refractivity contribution is -0.143. The molecule has 0 fully saturated rings. The summed E-state index contributed by atoms with van der Waals surface area (Å²) in [5, 5.41) is 3.06. The normalized spacial score (nSPS) is 12.0. The Balaban J connectivity index is 2.53. The molecule has 0 aromatic heterocycles. The SMILES string of the molecule is CCOC(=O)CC(C)Nc1ccc(C)c(F)c1. The van der Waals surface area contributed by atoms with E-state index in [1.807, 2.05) is 6.92 Å². The number of halogens is 1. The molecule has 1 aromatic rings. The molecular formula is C13H18FNO2. The molecule has 0 aliphatic rings. The van der Waals surface area contributed by atoms with E-state index < -0.39 is 0 Å². The highest BCUT2D eigenvalue weighted by molar-refractivity contribution is 5.70. The van der Waals surface area contributed by atoms with E-state index in [2.05, 4.69) is 5.32 Å². The Labute approximate surface area is 101 Å². The second kappa shape index (κ2) is 6.23. The van der Waals surface area contributed by atoms with Gasteiger partial charge in [0.1, 0.15) is 5.82 Å². The fraction of sp³-hybridized carbons (Fsp3) is 0.462. The number of nitrogens with one attached hydrogen (secondary N) is 1. The van der Waals surface area contributed by atoms with Crippen molar-refractivity contribution >= 4 is 11.7 Å². The fourth-order valence-electron chi connectivity index (χ4n) is 1.49. The van der Waals surface area contributed by atoms with Crippen molar-refractivity contribution in [2.45, 2.75) is 33.2 Å². The standard InChI is InChI=1S/C13H18FNO2/c1-4-17-13(16)7-10(3)15-11-6-5-9(2)12(14)8-11/h5-6,8,10,15H,4,7H2,1-3H3. The first kappa shape index (κ1) is 13.5. The third-order valence-electron chi connectivity index (χ3n) is 2.36. The molecule has 0 spiro atoms. The van der Waals surface area contributed by atoms with E-state index in [0.717, 1.165) is 0 Å². The van der Waals surface area contributed by atoms with E-state index in [-0.39, 0.29) is 24.2 Å². The van der Waals surface area contributed by atoms with Crippen molar-refractivity contribution in [2.24, 2.45) is 0 Å². The van der Waals surface area contributed by atoms with Gasteiger partial charge in [-0.2, -0.15) is 0 Å². The zero-order valence-corrected chi connectivity index (χ0v) is 10.4. The Bertz CT molecular complexity index is 393. The number of benzene rings is 1. The number of esters is 1. The Hall–Kier alpha value is -1.58. The van der Waals surface area contributed by atoms with Crippen LogP contribution in [0.4, 0.5) is 10.1 Å². The third-order valence-corrected chi connectivity index (χ3v) is 2.36. The molecule has 0 heterocycles. The van der Waals surface area contributed by atoms with Crippen molar-refractivity contribution in [2.75, 3.05) is 11.9 Å². The number of ether oxygens (including phenoxy) is 1. The molecule has 0 bridgehead atoms. The number of rotatable bonds is 5. The van der Waals surface area contributed by atoms with Gasteiger partial charge in [-0.3, -0.25) is 4.79 Å². The molecule has 0 aliphatic carbocycles. The van der Waals surface area contributed by atoms with E-state index in [1.54, 1.807) is 26.0 Å². The van der Waals surface area contributed by atoms with Gasteiger partial charge < -0.3 is 10.1 Å². The summed E-state index contributed by atoms with van der Waals surface area (Å²) in [7, 11) is 0. The summed E-state index contributed by atoms with van der Waals surface area (Å²) in [4.78, 5) is 11.2. The summed E-state index contributed by atoms with van der Waals surface area (Å²) < 4.78 is 18.1. The first-order valence-electron chi connectivity index (χ1n) is 5.71. The lowest BCUT2D eigenvalue weighted by Gasteiger charge is -2.14. The maximum absolute atomic E-state index is 13.3. The Kier molecular flexibility index (Phi) is 4.94. The summed E-state index contributed by atoms with van der Waals surface area (Å²) in [6.45, 7) is 5.71. The Morgan fingerprint density at radius 2 is 2.24 bits per heavy atom. The van der Waals surface area contributed by atoms with Crippen molar-refractivity contribution in [1.82, 2.24) is 0 Å². The van der Waals surface area contributed by atoms with Gasteiger partial charge in [0.15, 0.2) is 0 Å². The van der Waals surface area contributed by atoms with Crippen LogP contribution < -0.4 is 5.32 Å². The van der Waals surface area contributed by atoms with Gasteiger partial charge in [-0.05, 0) is 38.5 Å². The predicted molar refractivity (Wildman–Crippen MR) is 65.5 cm³/mol. The van der Waals surface area contributed by atoms with Gasteiger partial charge in [0, 0.05) is 11.7 Å². The molecule has 3 nitrogen and oxygen atoms in total. The van der Waals surface area contributed by atoms with Crippen LogP contribution in [-0.2, 0) is 9.53 Å². The molecule has 0 aliphatic heterocycles. The van der Waals surface area contributed by atoms with Crippen LogP contribution in [-0.4, -0.2) is 18.6 Å². The van der Waals surface area contributed by atoms with Gasteiger partial charge in [0.25, 0.3) is 0 Å². The quantitative estimate of drug-likeness (QED) is 0.803. The second-order valence-corrected chi connectivity index (χ2v) is 4.02. The molecule has 1 rings (SSSR count). The van der Waals surface area contributed by atoms with Gasteiger partial charge in [-0.25, -0.2) is 4.39 Å². The molecule has 1 atom stereocenters. The molecule has 0 radical (unpaired) electrons. The fourth-order valence-corrected chi connectivity index (χ4v) is 1.49. The van der Waals surface area contributed by atoms with E-state index >= 15 is 0 Å². The van der Waals surface area contributed by atoms with Crippen LogP contribution >= 0.6 is 0 Å². The minimum absolute atomic E-state index is 0.0869. The van der Waals surface area contributed by atoms with Crippen LogP contribution in [0.1, 0.15) is 25.8 Å². The number of hydrogen-bond donors (Lipinski definition) is 1. The van der Waals surface area contributed by atoms with Crippen molar-refractivity contribution in [3.8, 4) is 0 Å². The molecule has 1 unspecified atom stereocenters. The monoisotopic (exact) mass is 239 g/mol. The average molecular weight is 239 g/mol. The molecule has 17 heavy (non-hydrogen) atoms. The second-order valence-electron chi connectivity index (χ2n) is 4.02. The van der Waals surface area contributed by atoms with Crippen LogP contribution in [0.25, 0.3) is 0 Å². The van der Waals surface area contributed by atoms with Crippen molar-refractivity contribution in [3.05, 3.63) is 29.6 Å². The molecule has 0 amide bonds. The van der Waals surface area contributed by atoms with Gasteiger partial charge in [0.2, 0.25) is 0 Å². The molecule has 0 saturated carbocycles. The Morgan fingerprint density at radius 1 is 1.53 bits per heavy atom. The van der Waals surface area contributed by atoms with Gasteiger partial charge in [0.05, 0.1) is 13.0 Å². The van der Waals surface area contributed by atoms with Crippen LogP contribution in [0.3, 0.4) is 0 Å². The maximum atomic E-state index is 13.3. The smallest absolute Gasteiger partial charge is 0.307 e. The first-order valence-corrected chi connectivity index (χ1v) is 5.71. The van der Waals surface area contributed by atoms with E-state index in [4.69, 9.17) is 4.74 Å². The zero-order valence-electron chi connectivity index (χ0n) is 10.4. The van der Waals surface area contributed by atoms with E-state index in [1.165, 1.54) is 6.07 Å². The highest BCUT2D eigenvalue weighted by Gasteiger charge is 2.10. The largest absolute Gasteiger partial charge is 0.466 e. The number of carbonyl (C=O) groups excluding carboxylic acids is 1. The topological polar surface area (TPSA) is 38.3 Å². The summed E-state index contributed by atoms with van der Waals surface area (Å²) in [6.07, 6.45) is 0.267. The number of carbonyl (C=O) groups is 1. The average Bonchev–Trinajstić information content (AvgIpc) is 2.23. The van der Waals surface area contributed by atoms with Gasteiger partial charge in [-0.1, -0.05) is 6.07 Å². The summed E-state index contributed by atoms with van der Waals surface area (Å²) in [5.74, 6) is -0.501. The van der Waals surface area contributed by atoms with Gasteiger partial charge >= 0.3 is 5.97 Å². The van der Waals surface area contributed by atoms with Crippen LogP contribution in [0.5, 0.6) is 0 Å². The lowest BCUT2D eigenvalue weighted by atomic mass is 10.2. The van der Waals surface area contributed by atoms with E-state index in [0.29, 0.717) is 17.9 Å². The summed E-state index contributed by atoms with van der Waals surface area (Å²) in [6, 6.07) is 4.84. The highest BCUT2D eigenvalue weighted by Crippen LogP contribution is 2.15. The highest BCUT2D eigenvalue weighted by atomic mass is 19.1. The molecule has 4 heteroatoms. The van der Waals surface area contributed by atoms with Crippen LogP contribution in [0.2, 0.25) is 0 Å². The van der Waals surface area contributed by atoms with Crippen LogP contribution in [0.15, 0.2) is 18.2 Å². The number of aryl methyl sites for hydroxylation is 1. The first-order chi connectivity index (χ1) is 8.02. The van der Waals surface area contributed by atoms with Gasteiger partial charge in [-0.15, -0.1) is 0 Å². The minimum Gasteiger partial charge on any atom is -0.466 e. The summed E-state index contributed by atoms with van der Waals surface area (Å²) >= 11 is 0. The van der Waals surface area contributed by atoms with Crippen molar-refractivity contribution in [1.29, 1.82) is 0 Å². The maximum Gasteiger partial charge on any atom is 0.307 e. The molecule has 1 N–H and O–H groups in total. The molecule has 1 aromatic carbocycles. The minimum atomic E-state index is -0.252. The Morgan fingerprint density at radius 3 is 2.82 bits per heavy atom. The third kappa shape index (κ3) is 4.43. The van der Waals surface area contributed by atoms with Crippen molar-refractivity contribution < 1.29 is 13.9 Å². The van der Waals surface area contributed by atoms with Crippen LogP contribution in [0, 0.1) is 12.7 Å². The molecular weight excluding hydrogens is 221 g/mol. The molecule has 0 saturated heterocycles. The number of anilines is 1. The lowest BCUT2D eigenvalue weighted by Crippen LogP contribution is -2.21. The zero-order chi connectivity index (χ0) is 12.8. The van der Waals surface area contributed by atoms with E-state index in [9.17, 15) is 9.18 Å². The van der Waals surface area contributed by atoms with Crippen molar-refractivity contribution in [3.63, 3.8) is 0 Å². The summed E-state index contributed by atoms with van der Waals surface area (Å²) in [5.41, 5.74) is 1.28. The number of hydrogen-bond acceptors (Lipinski definition) is 3. The predicted octanol–water partition coefficient (Wildman–Crippen LogP) is 2.89.